The Morgan fingerprint density at radius 1 is 1.71 bits per heavy atom. The van der Waals surface area contributed by atoms with Gasteiger partial charge in [-0.1, -0.05) is 0 Å². The van der Waals surface area contributed by atoms with Gasteiger partial charge in [-0.2, -0.15) is 0 Å². The minimum atomic E-state index is -1.93. The molecule has 1 N–H and O–H groups in total. The van der Waals surface area contributed by atoms with Crippen molar-refractivity contribution in [3.05, 3.63) is 21.9 Å². The Kier molecular flexibility index (Phi) is 4.24. The molecule has 1 rings (SSSR count). The molecule has 0 bridgehead atoms. The summed E-state index contributed by atoms with van der Waals surface area (Å²) in [7, 11) is 0. The number of esters is 1. The molecule has 1 aromatic heterocycles. The van der Waals surface area contributed by atoms with E-state index < -0.39 is 17.0 Å². The van der Waals surface area contributed by atoms with Crippen LogP contribution in [0, 0.1) is 0 Å². The van der Waals surface area contributed by atoms with Crippen LogP contribution in [0.3, 0.4) is 0 Å². The first-order chi connectivity index (χ1) is 6.65. The molecule has 0 aliphatic rings. The van der Waals surface area contributed by atoms with Crippen molar-refractivity contribution < 1.29 is 18.3 Å². The van der Waals surface area contributed by atoms with Gasteiger partial charge in [0.05, 0.1) is 12.4 Å². The molecule has 1 heterocycles. The third-order valence-electron chi connectivity index (χ3n) is 1.49. The van der Waals surface area contributed by atoms with Crippen LogP contribution >= 0.6 is 11.3 Å². The standard InChI is InChI=1S/C8H10O4S2/c1-2-12-8(9)7-6(3-4-13-7)5-14(10)11/h3-4H,2,5H2,1H3,(H,10,11). The lowest BCUT2D eigenvalue weighted by Gasteiger charge is -2.01. The van der Waals surface area contributed by atoms with Crippen LogP contribution in [0.2, 0.25) is 0 Å². The molecule has 0 spiro atoms. The van der Waals surface area contributed by atoms with Crippen LogP contribution < -0.4 is 0 Å². The van der Waals surface area contributed by atoms with Crippen molar-refractivity contribution in [2.75, 3.05) is 6.61 Å². The molecule has 0 saturated heterocycles. The molecule has 0 fully saturated rings. The second-order valence-corrected chi connectivity index (χ2v) is 4.31. The molecule has 78 valence electrons. The van der Waals surface area contributed by atoms with Gasteiger partial charge in [0, 0.05) is 0 Å². The van der Waals surface area contributed by atoms with Gasteiger partial charge in [-0.05, 0) is 23.9 Å². The molecule has 4 nitrogen and oxygen atoms in total. The number of carbonyl (C=O) groups is 1. The van der Waals surface area contributed by atoms with Gasteiger partial charge >= 0.3 is 5.97 Å². The molecule has 0 aliphatic heterocycles. The van der Waals surface area contributed by atoms with E-state index in [1.807, 2.05) is 0 Å². The zero-order valence-corrected chi connectivity index (χ0v) is 9.19. The lowest BCUT2D eigenvalue weighted by atomic mass is 10.3. The molecule has 14 heavy (non-hydrogen) atoms. The molecular weight excluding hydrogens is 224 g/mol. The van der Waals surface area contributed by atoms with Gasteiger partial charge < -0.3 is 9.29 Å². The van der Waals surface area contributed by atoms with E-state index in [9.17, 15) is 9.00 Å². The first kappa shape index (κ1) is 11.4. The summed E-state index contributed by atoms with van der Waals surface area (Å²) in [5.41, 5.74) is 0.564. The average molecular weight is 234 g/mol. The molecule has 0 radical (unpaired) electrons. The van der Waals surface area contributed by atoms with Crippen molar-refractivity contribution in [2.24, 2.45) is 0 Å². The maximum atomic E-state index is 11.3. The van der Waals surface area contributed by atoms with Crippen LogP contribution in [-0.4, -0.2) is 21.3 Å². The molecule has 1 unspecified atom stereocenters. The van der Waals surface area contributed by atoms with E-state index >= 15 is 0 Å². The summed E-state index contributed by atoms with van der Waals surface area (Å²) < 4.78 is 24.0. The summed E-state index contributed by atoms with van der Waals surface area (Å²) in [6, 6.07) is 1.66. The summed E-state index contributed by atoms with van der Waals surface area (Å²) in [5, 5.41) is 1.70. The maximum Gasteiger partial charge on any atom is 0.348 e. The highest BCUT2D eigenvalue weighted by Crippen LogP contribution is 2.19. The summed E-state index contributed by atoms with van der Waals surface area (Å²) in [6.07, 6.45) is 0. The van der Waals surface area contributed by atoms with E-state index in [4.69, 9.17) is 9.29 Å². The second-order valence-electron chi connectivity index (χ2n) is 2.46. The zero-order chi connectivity index (χ0) is 10.6. The summed E-state index contributed by atoms with van der Waals surface area (Å²) >= 11 is -0.707. The fourth-order valence-corrected chi connectivity index (χ4v) is 2.37. The molecule has 6 heteroatoms. The van der Waals surface area contributed by atoms with Crippen LogP contribution in [0.4, 0.5) is 0 Å². The third-order valence-corrected chi connectivity index (χ3v) is 2.98. The van der Waals surface area contributed by atoms with Gasteiger partial charge in [-0.15, -0.1) is 11.3 Å². The average Bonchev–Trinajstić information content (AvgIpc) is 2.51. The fourth-order valence-electron chi connectivity index (χ4n) is 0.958. The number of ether oxygens (including phenoxy) is 1. The van der Waals surface area contributed by atoms with Gasteiger partial charge in [-0.3, -0.25) is 0 Å². The van der Waals surface area contributed by atoms with E-state index in [-0.39, 0.29) is 5.75 Å². The zero-order valence-electron chi connectivity index (χ0n) is 7.56. The van der Waals surface area contributed by atoms with Crippen molar-refractivity contribution in [2.45, 2.75) is 12.7 Å². The third kappa shape index (κ3) is 2.90. The van der Waals surface area contributed by atoms with Crippen molar-refractivity contribution >= 4 is 28.4 Å². The number of hydrogen-bond acceptors (Lipinski definition) is 4. The molecule has 0 aromatic carbocycles. The molecule has 0 saturated carbocycles. The van der Waals surface area contributed by atoms with Crippen LogP contribution in [0.15, 0.2) is 11.4 Å². The highest BCUT2D eigenvalue weighted by Gasteiger charge is 2.15. The Balaban J connectivity index is 2.81. The first-order valence-corrected chi connectivity index (χ1v) is 6.11. The molecular formula is C8H10O4S2. The highest BCUT2D eigenvalue weighted by atomic mass is 32.2. The lowest BCUT2D eigenvalue weighted by Crippen LogP contribution is -2.06. The number of carbonyl (C=O) groups excluding carboxylic acids is 1. The number of thiophene rings is 1. The molecule has 0 aliphatic carbocycles. The van der Waals surface area contributed by atoms with Crippen LogP contribution in [0.1, 0.15) is 22.2 Å². The molecule has 0 amide bonds. The van der Waals surface area contributed by atoms with Crippen molar-refractivity contribution in [1.82, 2.24) is 0 Å². The minimum absolute atomic E-state index is 0.0301. The Morgan fingerprint density at radius 2 is 2.43 bits per heavy atom. The summed E-state index contributed by atoms with van der Waals surface area (Å²) in [4.78, 5) is 11.7. The molecule has 1 aromatic rings. The first-order valence-electron chi connectivity index (χ1n) is 3.96. The smallest absolute Gasteiger partial charge is 0.348 e. The second kappa shape index (κ2) is 5.23. The topological polar surface area (TPSA) is 63.6 Å². The van der Waals surface area contributed by atoms with E-state index in [1.54, 1.807) is 18.4 Å². The maximum absolute atomic E-state index is 11.3. The van der Waals surface area contributed by atoms with Crippen molar-refractivity contribution in [1.29, 1.82) is 0 Å². The Labute approximate surface area is 88.2 Å². The van der Waals surface area contributed by atoms with Crippen molar-refractivity contribution in [3.63, 3.8) is 0 Å². The van der Waals surface area contributed by atoms with E-state index in [2.05, 4.69) is 0 Å². The largest absolute Gasteiger partial charge is 0.462 e. The SMILES string of the molecule is CCOC(=O)c1sccc1CS(=O)O. The van der Waals surface area contributed by atoms with Crippen LogP contribution in [-0.2, 0) is 21.6 Å². The van der Waals surface area contributed by atoms with Gasteiger partial charge in [-0.25, -0.2) is 9.00 Å². The number of hydrogen-bond donors (Lipinski definition) is 1. The Hall–Kier alpha value is -0.720. The van der Waals surface area contributed by atoms with Gasteiger partial charge in [0.1, 0.15) is 4.88 Å². The summed E-state index contributed by atoms with van der Waals surface area (Å²) in [6.45, 7) is 2.02. The Morgan fingerprint density at radius 3 is 3.00 bits per heavy atom. The number of rotatable bonds is 4. The van der Waals surface area contributed by atoms with Gasteiger partial charge in [0.25, 0.3) is 0 Å². The minimum Gasteiger partial charge on any atom is -0.462 e. The van der Waals surface area contributed by atoms with E-state index in [0.717, 1.165) is 0 Å². The van der Waals surface area contributed by atoms with Gasteiger partial charge in [0.2, 0.25) is 0 Å². The normalized spacial score (nSPS) is 12.4. The van der Waals surface area contributed by atoms with Gasteiger partial charge in [0.15, 0.2) is 11.1 Å². The van der Waals surface area contributed by atoms with E-state index in [0.29, 0.717) is 17.0 Å². The predicted molar refractivity (Wildman–Crippen MR) is 54.8 cm³/mol. The van der Waals surface area contributed by atoms with Crippen LogP contribution in [0.5, 0.6) is 0 Å². The Bertz CT molecular complexity index is 345. The summed E-state index contributed by atoms with van der Waals surface area (Å²) in [5.74, 6) is -0.458. The predicted octanol–water partition coefficient (Wildman–Crippen LogP) is 1.65. The highest BCUT2D eigenvalue weighted by molar-refractivity contribution is 7.78. The fraction of sp³-hybridized carbons (Fsp3) is 0.375. The monoisotopic (exact) mass is 234 g/mol. The molecule has 1 atom stereocenters. The lowest BCUT2D eigenvalue weighted by molar-refractivity contribution is 0.0531. The van der Waals surface area contributed by atoms with Crippen molar-refractivity contribution in [3.8, 4) is 0 Å². The van der Waals surface area contributed by atoms with Crippen LogP contribution in [0.25, 0.3) is 0 Å². The quantitative estimate of drug-likeness (QED) is 0.635. The van der Waals surface area contributed by atoms with E-state index in [1.165, 1.54) is 11.3 Å².